The van der Waals surface area contributed by atoms with Crippen LogP contribution in [-0.2, 0) is 28.7 Å². The second kappa shape index (κ2) is 12.1. The first kappa shape index (κ1) is 36.9. The summed E-state index contributed by atoms with van der Waals surface area (Å²) in [6, 6.07) is 26.4. The molecule has 57 heavy (non-hydrogen) atoms. The number of H-pyrrole nitrogens is 1. The first-order valence-corrected chi connectivity index (χ1v) is 20.0. The molecular weight excluding hydrogens is 701 g/mol. The predicted molar refractivity (Wildman–Crippen MR) is 235 cm³/mol. The van der Waals surface area contributed by atoms with E-state index in [4.69, 9.17) is 29.9 Å². The number of hydrogen-bond acceptors (Lipinski definition) is 6. The number of aromatic nitrogens is 8. The fraction of sp³-hybridized carbons (Fsp3) is 0.347. The summed E-state index contributed by atoms with van der Waals surface area (Å²) >= 11 is 0. The lowest BCUT2D eigenvalue weighted by atomic mass is 9.85. The quantitative estimate of drug-likeness (QED) is 0.166. The Morgan fingerprint density at radius 2 is 0.737 bits per heavy atom. The molecule has 7 aromatic rings. The summed E-state index contributed by atoms with van der Waals surface area (Å²) in [6.45, 7) is 26.8. The maximum absolute atomic E-state index is 5.43. The van der Waals surface area contributed by atoms with Crippen LogP contribution in [0.3, 0.4) is 0 Å². The molecule has 5 heterocycles. The van der Waals surface area contributed by atoms with Crippen molar-refractivity contribution in [1.82, 2.24) is 39.5 Å². The van der Waals surface area contributed by atoms with Crippen LogP contribution >= 0.6 is 0 Å². The van der Waals surface area contributed by atoms with Gasteiger partial charge >= 0.3 is 0 Å². The maximum atomic E-state index is 5.43. The van der Waals surface area contributed by atoms with Crippen LogP contribution in [0.15, 0.2) is 72.8 Å². The first-order valence-electron chi connectivity index (χ1n) is 20.0. The second-order valence-corrected chi connectivity index (χ2v) is 20.0. The van der Waals surface area contributed by atoms with E-state index in [1.165, 1.54) is 22.3 Å². The van der Waals surface area contributed by atoms with E-state index in [1.807, 2.05) is 7.05 Å². The minimum Gasteiger partial charge on any atom is -0.324 e. The SMILES string of the molecule is Cn1c2nc3nc(nc4[nH]c(nc5nc(nc1c1cc(C(C)(C)C)ccc12)-c1ccc(C(C)(C)C)cc1-5)c1ccc(C(C)(C)C)cc41)-c1ccc(C(C)(C)C)cc1-3. The zero-order chi connectivity index (χ0) is 40.6. The maximum Gasteiger partial charge on any atom is 0.164 e. The van der Waals surface area contributed by atoms with Crippen LogP contribution in [-0.4, -0.2) is 39.5 Å². The normalized spacial score (nSPS) is 13.4. The van der Waals surface area contributed by atoms with E-state index in [0.717, 1.165) is 55.1 Å². The third-order valence-electron chi connectivity index (χ3n) is 11.7. The van der Waals surface area contributed by atoms with Crippen molar-refractivity contribution in [1.29, 1.82) is 0 Å². The average molecular weight is 753 g/mol. The summed E-state index contributed by atoms with van der Waals surface area (Å²) in [5.74, 6) is 2.47. The van der Waals surface area contributed by atoms with Crippen molar-refractivity contribution in [3.05, 3.63) is 95.1 Å². The summed E-state index contributed by atoms with van der Waals surface area (Å²) < 4.78 is 2.09. The van der Waals surface area contributed by atoms with E-state index >= 15 is 0 Å². The minimum absolute atomic E-state index is 0.0662. The van der Waals surface area contributed by atoms with Crippen LogP contribution in [0.4, 0.5) is 0 Å². The van der Waals surface area contributed by atoms with Crippen LogP contribution in [0.5, 0.6) is 0 Å². The number of rotatable bonds is 0. The monoisotopic (exact) mass is 752 g/mol. The molecule has 0 amide bonds. The van der Waals surface area contributed by atoms with Crippen LogP contribution in [0.2, 0.25) is 0 Å². The van der Waals surface area contributed by atoms with E-state index in [-0.39, 0.29) is 21.7 Å². The molecule has 3 aromatic heterocycles. The molecule has 0 saturated heterocycles. The van der Waals surface area contributed by atoms with Gasteiger partial charge in [0.05, 0.1) is 0 Å². The Hall–Kier alpha value is -5.76. The van der Waals surface area contributed by atoms with Gasteiger partial charge in [-0.05, 0) is 68.2 Å². The number of aromatic amines is 1. The van der Waals surface area contributed by atoms with Crippen molar-refractivity contribution in [2.24, 2.45) is 7.05 Å². The highest BCUT2D eigenvalue weighted by Gasteiger charge is 2.27. The van der Waals surface area contributed by atoms with Gasteiger partial charge in [0, 0.05) is 50.8 Å². The Morgan fingerprint density at radius 3 is 1.25 bits per heavy atom. The van der Waals surface area contributed by atoms with Gasteiger partial charge in [-0.1, -0.05) is 132 Å². The van der Waals surface area contributed by atoms with Gasteiger partial charge in [-0.3, -0.25) is 0 Å². The van der Waals surface area contributed by atoms with Gasteiger partial charge in [0.2, 0.25) is 0 Å². The van der Waals surface area contributed by atoms with Crippen LogP contribution in [0.25, 0.3) is 89.7 Å². The Balaban J connectivity index is 1.49. The van der Waals surface area contributed by atoms with Crippen molar-refractivity contribution in [2.45, 2.75) is 105 Å². The van der Waals surface area contributed by atoms with Gasteiger partial charge in [0.25, 0.3) is 0 Å². The minimum atomic E-state index is -0.0700. The van der Waals surface area contributed by atoms with Gasteiger partial charge in [0.15, 0.2) is 23.3 Å². The van der Waals surface area contributed by atoms with Crippen LogP contribution in [0.1, 0.15) is 105 Å². The van der Waals surface area contributed by atoms with Crippen molar-refractivity contribution >= 4 is 44.1 Å². The number of fused-ring (bicyclic) bond motifs is 20. The Kier molecular flexibility index (Phi) is 7.84. The number of nitrogens with one attached hydrogen (secondary N) is 1. The van der Waals surface area contributed by atoms with E-state index in [2.05, 4.69) is 165 Å². The zero-order valence-corrected chi connectivity index (χ0v) is 35.6. The number of aryl methyl sites for hydroxylation is 1. The molecule has 288 valence electrons. The number of benzene rings is 4. The van der Waals surface area contributed by atoms with Gasteiger partial charge in [-0.2, -0.15) is 0 Å². The molecule has 0 unspecified atom stereocenters. The summed E-state index contributed by atoms with van der Waals surface area (Å²) in [7, 11) is 2.04. The molecule has 8 nitrogen and oxygen atoms in total. The summed E-state index contributed by atoms with van der Waals surface area (Å²) in [6.07, 6.45) is 0. The molecule has 4 aromatic carbocycles. The zero-order valence-electron chi connectivity index (χ0n) is 35.6. The summed E-state index contributed by atoms with van der Waals surface area (Å²) in [5, 5.41) is 3.96. The van der Waals surface area contributed by atoms with E-state index in [1.54, 1.807) is 0 Å². The van der Waals surface area contributed by atoms with Crippen LogP contribution in [0, 0.1) is 0 Å². The highest BCUT2D eigenvalue weighted by molar-refractivity contribution is 6.07. The Bertz CT molecular complexity index is 3010. The number of hydrogen-bond donors (Lipinski definition) is 1. The fourth-order valence-electron chi connectivity index (χ4n) is 7.94. The van der Waals surface area contributed by atoms with Crippen molar-refractivity contribution < 1.29 is 0 Å². The van der Waals surface area contributed by atoms with Crippen molar-refractivity contribution in [2.75, 3.05) is 0 Å². The van der Waals surface area contributed by atoms with Crippen molar-refractivity contribution in [3.8, 4) is 45.6 Å². The fourth-order valence-corrected chi connectivity index (χ4v) is 7.94. The van der Waals surface area contributed by atoms with Crippen molar-refractivity contribution in [3.63, 3.8) is 0 Å². The smallest absolute Gasteiger partial charge is 0.164 e. The lowest BCUT2D eigenvalue weighted by Gasteiger charge is -2.19. The lowest BCUT2D eigenvalue weighted by molar-refractivity contribution is 0.590. The topological polar surface area (TPSA) is 98.1 Å². The lowest BCUT2D eigenvalue weighted by Crippen LogP contribution is -2.10. The van der Waals surface area contributed by atoms with E-state index in [9.17, 15) is 0 Å². The summed E-state index contributed by atoms with van der Waals surface area (Å²) in [4.78, 5) is 35.7. The van der Waals surface area contributed by atoms with E-state index < -0.39 is 0 Å². The molecule has 8 heteroatoms. The molecule has 8 bridgehead atoms. The highest BCUT2D eigenvalue weighted by atomic mass is 15.1. The summed E-state index contributed by atoms with van der Waals surface area (Å²) in [5.41, 5.74) is 11.3. The van der Waals surface area contributed by atoms with Gasteiger partial charge in [-0.15, -0.1) is 0 Å². The second-order valence-electron chi connectivity index (χ2n) is 20.0. The van der Waals surface area contributed by atoms with E-state index in [0.29, 0.717) is 34.6 Å². The van der Waals surface area contributed by atoms with Crippen LogP contribution < -0.4 is 0 Å². The molecule has 0 fully saturated rings. The molecule has 0 saturated carbocycles. The molecule has 2 aliphatic rings. The highest BCUT2D eigenvalue weighted by Crippen LogP contribution is 2.41. The third-order valence-corrected chi connectivity index (χ3v) is 11.7. The first-order chi connectivity index (χ1) is 26.6. The molecule has 1 N–H and O–H groups in total. The third kappa shape index (κ3) is 6.12. The Labute approximate surface area is 334 Å². The molecule has 0 aliphatic carbocycles. The average Bonchev–Trinajstić information content (AvgIpc) is 3.83. The van der Waals surface area contributed by atoms with Gasteiger partial charge < -0.3 is 9.55 Å². The van der Waals surface area contributed by atoms with Gasteiger partial charge in [-0.25, -0.2) is 29.9 Å². The standard InChI is InChI=1S/C49H52N8/c1-46(2,3)26-14-18-30-34(22-26)41-50-38(30)51-42-35-23-27(47(4,5)6)16-20-32(35)40(54-42)55-45-37-25-29(49(10,11)12)17-21-33(37)44(57(45)13)56-43-36-24-28(48(7,8)9)15-19-31(36)39(52-41)53-43/h14-25H,1-13H3,(H,50,51,52,53,54,55,56). The molecule has 9 rings (SSSR count). The van der Waals surface area contributed by atoms with Gasteiger partial charge in [0.1, 0.15) is 22.6 Å². The molecular formula is C49H52N8. The molecule has 0 atom stereocenters. The largest absolute Gasteiger partial charge is 0.324 e. The molecule has 0 radical (unpaired) electrons. The molecule has 2 aliphatic heterocycles. The number of nitrogens with zero attached hydrogens (tertiary/aromatic N) is 7. The molecule has 0 spiro atoms. The Morgan fingerprint density at radius 1 is 0.368 bits per heavy atom. The predicted octanol–water partition coefficient (Wildman–Crippen LogP) is 12.1.